The normalized spacial score (nSPS) is 13.5. The second kappa shape index (κ2) is 9.02. The number of aryl methyl sites for hydroxylation is 6. The van der Waals surface area contributed by atoms with Crippen molar-refractivity contribution in [1.82, 2.24) is 0 Å². The Bertz CT molecular complexity index is 1140. The molecule has 1 fully saturated rings. The molecular formula is C31H34O2. The Morgan fingerprint density at radius 3 is 1.12 bits per heavy atom. The van der Waals surface area contributed by atoms with Gasteiger partial charge in [0.05, 0.1) is 0 Å². The molecule has 170 valence electrons. The first-order valence-electron chi connectivity index (χ1n) is 11.9. The number of benzene rings is 4. The minimum atomic E-state index is -0.292. The molecule has 2 heteroatoms. The highest BCUT2D eigenvalue weighted by atomic mass is 16.5. The molecule has 0 saturated heterocycles. The highest BCUT2D eigenvalue weighted by molar-refractivity contribution is 6.26. The van der Waals surface area contributed by atoms with E-state index in [1.54, 1.807) is 0 Å². The third kappa shape index (κ3) is 4.39. The summed E-state index contributed by atoms with van der Waals surface area (Å²) in [6.45, 7) is 16.6. The van der Waals surface area contributed by atoms with Crippen molar-refractivity contribution in [3.8, 4) is 0 Å². The first-order valence-corrected chi connectivity index (χ1v) is 11.9. The van der Waals surface area contributed by atoms with Crippen molar-refractivity contribution in [1.29, 1.82) is 0 Å². The third-order valence-corrected chi connectivity index (χ3v) is 7.27. The highest BCUT2D eigenvalue weighted by Gasteiger charge is 2.20. The summed E-state index contributed by atoms with van der Waals surface area (Å²) in [5.74, 6) is -0.292. The van der Waals surface area contributed by atoms with Crippen LogP contribution in [0.4, 0.5) is 0 Å². The van der Waals surface area contributed by atoms with Gasteiger partial charge in [0, 0.05) is 6.08 Å². The van der Waals surface area contributed by atoms with Gasteiger partial charge >= 0.3 is 5.97 Å². The molecule has 0 aliphatic heterocycles. The number of fused-ring (bicyclic) bond motifs is 6. The van der Waals surface area contributed by atoms with Gasteiger partial charge in [-0.05, 0) is 127 Å². The second-order valence-electron chi connectivity index (χ2n) is 9.64. The zero-order chi connectivity index (χ0) is 23.9. The van der Waals surface area contributed by atoms with Gasteiger partial charge in [0.2, 0.25) is 0 Å². The fourth-order valence-corrected chi connectivity index (χ4v) is 4.49. The van der Waals surface area contributed by atoms with Crippen LogP contribution in [0.25, 0.3) is 32.3 Å². The van der Waals surface area contributed by atoms with Gasteiger partial charge in [-0.1, -0.05) is 43.0 Å². The Labute approximate surface area is 197 Å². The average molecular weight is 439 g/mol. The molecule has 0 N–H and O–H groups in total. The van der Waals surface area contributed by atoms with Crippen LogP contribution in [0.15, 0.2) is 49.1 Å². The number of rotatable bonds is 2. The average Bonchev–Trinajstić information content (AvgIpc) is 2.75. The molecule has 1 aliphatic rings. The lowest BCUT2D eigenvalue weighted by Crippen LogP contribution is -2.23. The van der Waals surface area contributed by atoms with Gasteiger partial charge in [0.25, 0.3) is 0 Å². The zero-order valence-electron chi connectivity index (χ0n) is 20.8. The Morgan fingerprint density at radius 2 is 0.939 bits per heavy atom. The molecular weight excluding hydrogens is 404 g/mol. The SMILES string of the molecule is C=CC(=O)OC1CCC1.Cc1cc2c3cc(C)c(C)cc3c3cc(C)c(C)cc3c2cc1C. The molecule has 5 rings (SSSR count). The number of carbonyl (C=O) groups is 1. The van der Waals surface area contributed by atoms with Gasteiger partial charge in [0.15, 0.2) is 0 Å². The van der Waals surface area contributed by atoms with Gasteiger partial charge in [-0.2, -0.15) is 0 Å². The van der Waals surface area contributed by atoms with Gasteiger partial charge in [-0.15, -0.1) is 0 Å². The van der Waals surface area contributed by atoms with E-state index < -0.39 is 0 Å². The monoisotopic (exact) mass is 438 g/mol. The number of carbonyl (C=O) groups excluding carboxylic acids is 1. The summed E-state index contributed by atoms with van der Waals surface area (Å²) in [5.41, 5.74) is 8.20. The predicted octanol–water partition coefficient (Wildman–Crippen LogP) is 8.26. The number of ether oxygens (including phenoxy) is 1. The predicted molar refractivity (Wildman–Crippen MR) is 141 cm³/mol. The zero-order valence-corrected chi connectivity index (χ0v) is 20.8. The van der Waals surface area contributed by atoms with Crippen molar-refractivity contribution in [3.63, 3.8) is 0 Å². The molecule has 0 heterocycles. The molecule has 0 amide bonds. The summed E-state index contributed by atoms with van der Waals surface area (Å²) >= 11 is 0. The quantitative estimate of drug-likeness (QED) is 0.179. The molecule has 2 nitrogen and oxygen atoms in total. The van der Waals surface area contributed by atoms with Crippen molar-refractivity contribution in [2.24, 2.45) is 0 Å². The lowest BCUT2D eigenvalue weighted by atomic mass is 9.88. The van der Waals surface area contributed by atoms with Crippen molar-refractivity contribution in [2.75, 3.05) is 0 Å². The molecule has 4 aromatic rings. The van der Waals surface area contributed by atoms with E-state index in [0.29, 0.717) is 0 Å². The summed E-state index contributed by atoms with van der Waals surface area (Å²) in [6.07, 6.45) is 4.64. The van der Waals surface area contributed by atoms with E-state index in [9.17, 15) is 4.79 Å². The summed E-state index contributed by atoms with van der Waals surface area (Å²) in [4.78, 5) is 10.5. The fraction of sp³-hybridized carbons (Fsp3) is 0.323. The van der Waals surface area contributed by atoms with E-state index in [2.05, 4.69) is 84.5 Å². The van der Waals surface area contributed by atoms with Gasteiger partial charge in [-0.25, -0.2) is 4.79 Å². The minimum Gasteiger partial charge on any atom is -0.459 e. The molecule has 4 aromatic carbocycles. The molecule has 1 saturated carbocycles. The van der Waals surface area contributed by atoms with Crippen LogP contribution in [0.3, 0.4) is 0 Å². The first kappa shape index (κ1) is 23.0. The van der Waals surface area contributed by atoms with Crippen molar-refractivity contribution >= 4 is 38.3 Å². The van der Waals surface area contributed by atoms with E-state index in [1.165, 1.54) is 78.2 Å². The molecule has 0 spiro atoms. The molecule has 0 aromatic heterocycles. The molecule has 33 heavy (non-hydrogen) atoms. The van der Waals surface area contributed by atoms with Crippen LogP contribution >= 0.6 is 0 Å². The summed E-state index contributed by atoms with van der Waals surface area (Å²) in [6, 6.07) is 14.2. The number of hydrogen-bond acceptors (Lipinski definition) is 2. The van der Waals surface area contributed by atoms with Crippen molar-refractivity contribution in [3.05, 3.63) is 82.4 Å². The van der Waals surface area contributed by atoms with Gasteiger partial charge in [0.1, 0.15) is 6.10 Å². The van der Waals surface area contributed by atoms with Crippen LogP contribution in [-0.2, 0) is 9.53 Å². The van der Waals surface area contributed by atoms with E-state index in [4.69, 9.17) is 4.74 Å². The molecule has 0 atom stereocenters. The Hall–Kier alpha value is -3.13. The topological polar surface area (TPSA) is 26.3 Å². The van der Waals surface area contributed by atoms with Gasteiger partial charge < -0.3 is 4.74 Å². The standard InChI is InChI=1S/C24H24.C7H10O2/c1-13-7-19-20(8-14(13)2)22-10-16(4)18(6)12-24(22)23-11-17(5)15(3)9-21(19)23;1-2-7(8)9-6-4-3-5-6/h7-12H,1-6H3;2,6H,1,3-5H2. The molecule has 0 unspecified atom stereocenters. The molecule has 0 bridgehead atoms. The Kier molecular flexibility index (Phi) is 6.30. The maximum Gasteiger partial charge on any atom is 0.330 e. The smallest absolute Gasteiger partial charge is 0.330 e. The Balaban J connectivity index is 0.000000243. The van der Waals surface area contributed by atoms with Crippen LogP contribution in [-0.4, -0.2) is 12.1 Å². The third-order valence-electron chi connectivity index (χ3n) is 7.27. The van der Waals surface area contributed by atoms with Gasteiger partial charge in [-0.3, -0.25) is 0 Å². The Morgan fingerprint density at radius 1 is 0.667 bits per heavy atom. The van der Waals surface area contributed by atoms with Crippen LogP contribution in [0.5, 0.6) is 0 Å². The minimum absolute atomic E-state index is 0.190. The maximum atomic E-state index is 10.5. The van der Waals surface area contributed by atoms with E-state index in [-0.39, 0.29) is 12.1 Å². The second-order valence-corrected chi connectivity index (χ2v) is 9.64. The molecule has 0 radical (unpaired) electrons. The summed E-state index contributed by atoms with van der Waals surface area (Å²) in [7, 11) is 0. The van der Waals surface area contributed by atoms with E-state index in [0.717, 1.165) is 12.8 Å². The van der Waals surface area contributed by atoms with E-state index >= 15 is 0 Å². The summed E-state index contributed by atoms with van der Waals surface area (Å²) in [5, 5.41) is 8.29. The van der Waals surface area contributed by atoms with Crippen LogP contribution in [0.2, 0.25) is 0 Å². The number of hydrogen-bond donors (Lipinski definition) is 0. The fourth-order valence-electron chi connectivity index (χ4n) is 4.49. The van der Waals surface area contributed by atoms with Crippen LogP contribution < -0.4 is 0 Å². The number of esters is 1. The largest absolute Gasteiger partial charge is 0.459 e. The summed E-state index contributed by atoms with van der Waals surface area (Å²) < 4.78 is 4.88. The molecule has 1 aliphatic carbocycles. The van der Waals surface area contributed by atoms with Crippen LogP contribution in [0, 0.1) is 41.5 Å². The van der Waals surface area contributed by atoms with Crippen molar-refractivity contribution in [2.45, 2.75) is 66.9 Å². The van der Waals surface area contributed by atoms with Crippen molar-refractivity contribution < 1.29 is 9.53 Å². The van der Waals surface area contributed by atoms with E-state index in [1.807, 2.05) is 0 Å². The first-order chi connectivity index (χ1) is 15.7. The lowest BCUT2D eigenvalue weighted by Gasteiger charge is -2.24. The maximum absolute atomic E-state index is 10.5. The van der Waals surface area contributed by atoms with Crippen LogP contribution in [0.1, 0.15) is 52.6 Å². The highest BCUT2D eigenvalue weighted by Crippen LogP contribution is 2.38. The lowest BCUT2D eigenvalue weighted by molar-refractivity contribution is -0.146.